The van der Waals surface area contributed by atoms with Gasteiger partial charge in [0.2, 0.25) is 5.91 Å². The first-order valence-electron chi connectivity index (χ1n) is 9.43. The van der Waals surface area contributed by atoms with Gasteiger partial charge < -0.3 is 20.1 Å². The highest BCUT2D eigenvalue weighted by molar-refractivity contribution is 5.77. The lowest BCUT2D eigenvalue weighted by molar-refractivity contribution is -0.122. The average molecular weight is 377 g/mol. The van der Waals surface area contributed by atoms with E-state index in [2.05, 4.69) is 27.7 Å². The van der Waals surface area contributed by atoms with Crippen LogP contribution in [0.1, 0.15) is 32.8 Å². The minimum atomic E-state index is -0.545. The van der Waals surface area contributed by atoms with Crippen molar-refractivity contribution in [2.75, 3.05) is 32.8 Å². The second-order valence-electron chi connectivity index (χ2n) is 7.70. The fourth-order valence-corrected chi connectivity index (χ4v) is 2.80. The van der Waals surface area contributed by atoms with Gasteiger partial charge in [-0.3, -0.25) is 9.69 Å². The van der Waals surface area contributed by atoms with Crippen molar-refractivity contribution in [1.29, 1.82) is 0 Å². The summed E-state index contributed by atoms with van der Waals surface area (Å²) in [5, 5.41) is 5.46. The number of morpholine rings is 1. The van der Waals surface area contributed by atoms with E-state index in [1.54, 1.807) is 20.8 Å². The van der Waals surface area contributed by atoms with E-state index in [1.165, 1.54) is 5.56 Å². The van der Waals surface area contributed by atoms with Crippen LogP contribution in [-0.2, 0) is 20.8 Å². The highest BCUT2D eigenvalue weighted by Crippen LogP contribution is 2.10. The molecular formula is C20H31N3O4. The highest BCUT2D eigenvalue weighted by Gasteiger charge is 2.21. The summed E-state index contributed by atoms with van der Waals surface area (Å²) < 4.78 is 10.9. The molecule has 2 amide bonds. The van der Waals surface area contributed by atoms with Crippen molar-refractivity contribution in [3.05, 3.63) is 35.9 Å². The van der Waals surface area contributed by atoms with Crippen molar-refractivity contribution in [2.24, 2.45) is 0 Å². The fraction of sp³-hybridized carbons (Fsp3) is 0.600. The van der Waals surface area contributed by atoms with Crippen LogP contribution in [0.3, 0.4) is 0 Å². The number of carbonyl (C=O) groups is 2. The number of nitrogens with zero attached hydrogens (tertiary/aromatic N) is 1. The van der Waals surface area contributed by atoms with Gasteiger partial charge in [-0.2, -0.15) is 0 Å². The zero-order valence-corrected chi connectivity index (χ0v) is 16.5. The van der Waals surface area contributed by atoms with Crippen LogP contribution in [0.5, 0.6) is 0 Å². The molecule has 150 valence electrons. The largest absolute Gasteiger partial charge is 0.444 e. The molecule has 1 heterocycles. The fourth-order valence-electron chi connectivity index (χ4n) is 2.80. The van der Waals surface area contributed by atoms with Crippen LogP contribution in [0.25, 0.3) is 0 Å². The summed E-state index contributed by atoms with van der Waals surface area (Å²) in [5.74, 6) is -0.116. The molecule has 2 rings (SSSR count). The quantitative estimate of drug-likeness (QED) is 0.759. The van der Waals surface area contributed by atoms with Crippen molar-refractivity contribution in [2.45, 2.75) is 45.4 Å². The van der Waals surface area contributed by atoms with E-state index in [-0.39, 0.29) is 25.0 Å². The van der Waals surface area contributed by atoms with Gasteiger partial charge in [0.25, 0.3) is 0 Å². The SMILES string of the molecule is CC(C)(C)OC(=O)NCCC(=O)NCC1CN(Cc2ccccc2)CCO1. The maximum absolute atomic E-state index is 12.0. The minimum absolute atomic E-state index is 0.0229. The number of alkyl carbamates (subject to hydrolysis) is 1. The van der Waals surface area contributed by atoms with Crippen LogP contribution in [-0.4, -0.2) is 61.4 Å². The van der Waals surface area contributed by atoms with E-state index >= 15 is 0 Å². The number of nitrogens with one attached hydrogen (secondary N) is 2. The molecule has 0 radical (unpaired) electrons. The molecule has 0 saturated carbocycles. The number of hydrogen-bond donors (Lipinski definition) is 2. The molecule has 1 saturated heterocycles. The third-order valence-electron chi connectivity index (χ3n) is 4.02. The van der Waals surface area contributed by atoms with Crippen LogP contribution < -0.4 is 10.6 Å². The van der Waals surface area contributed by atoms with Gasteiger partial charge in [-0.15, -0.1) is 0 Å². The van der Waals surface area contributed by atoms with Crippen molar-refractivity contribution in [3.63, 3.8) is 0 Å². The molecule has 2 N–H and O–H groups in total. The number of hydrogen-bond acceptors (Lipinski definition) is 5. The van der Waals surface area contributed by atoms with Crippen LogP contribution >= 0.6 is 0 Å². The van der Waals surface area contributed by atoms with Crippen LogP contribution in [0.2, 0.25) is 0 Å². The van der Waals surface area contributed by atoms with E-state index in [9.17, 15) is 9.59 Å². The van der Waals surface area contributed by atoms with Crippen molar-refractivity contribution < 1.29 is 19.1 Å². The van der Waals surface area contributed by atoms with E-state index in [0.717, 1.165) is 19.6 Å². The first-order chi connectivity index (χ1) is 12.8. The Morgan fingerprint density at radius 2 is 1.96 bits per heavy atom. The maximum Gasteiger partial charge on any atom is 0.407 e. The Labute approximate surface area is 161 Å². The van der Waals surface area contributed by atoms with Gasteiger partial charge in [-0.25, -0.2) is 4.79 Å². The van der Waals surface area contributed by atoms with Crippen LogP contribution in [0.4, 0.5) is 4.79 Å². The summed E-state index contributed by atoms with van der Waals surface area (Å²) in [5.41, 5.74) is 0.728. The molecular weight excluding hydrogens is 346 g/mol. The number of benzene rings is 1. The van der Waals surface area contributed by atoms with Crippen molar-refractivity contribution >= 4 is 12.0 Å². The Hall–Kier alpha value is -2.12. The van der Waals surface area contributed by atoms with Gasteiger partial charge in [0, 0.05) is 39.1 Å². The molecule has 0 aromatic heterocycles. The van der Waals surface area contributed by atoms with Crippen LogP contribution in [0, 0.1) is 0 Å². The van der Waals surface area contributed by atoms with E-state index < -0.39 is 11.7 Å². The monoisotopic (exact) mass is 377 g/mol. The Morgan fingerprint density at radius 1 is 1.22 bits per heavy atom. The number of amides is 2. The predicted molar refractivity (Wildman–Crippen MR) is 103 cm³/mol. The summed E-state index contributed by atoms with van der Waals surface area (Å²) in [6, 6.07) is 10.3. The summed E-state index contributed by atoms with van der Waals surface area (Å²) in [4.78, 5) is 25.8. The average Bonchev–Trinajstić information content (AvgIpc) is 2.60. The molecule has 1 aliphatic heterocycles. The van der Waals surface area contributed by atoms with Gasteiger partial charge in [0.1, 0.15) is 5.60 Å². The van der Waals surface area contributed by atoms with E-state index in [0.29, 0.717) is 13.2 Å². The standard InChI is InChI=1S/C20H31N3O4/c1-20(2,3)27-19(25)21-10-9-18(24)22-13-17-15-23(11-12-26-17)14-16-7-5-4-6-8-16/h4-8,17H,9-15H2,1-3H3,(H,21,25)(H,22,24). The maximum atomic E-state index is 12.0. The summed E-state index contributed by atoms with van der Waals surface area (Å²) in [6.07, 6.45) is -0.327. The summed E-state index contributed by atoms with van der Waals surface area (Å²) in [6.45, 7) is 9.31. The van der Waals surface area contributed by atoms with Gasteiger partial charge in [0.05, 0.1) is 12.7 Å². The molecule has 1 aromatic rings. The molecule has 7 heteroatoms. The molecule has 0 spiro atoms. The Morgan fingerprint density at radius 3 is 2.67 bits per heavy atom. The number of rotatable bonds is 7. The zero-order chi connectivity index (χ0) is 19.7. The Kier molecular flexibility index (Phi) is 8.06. The van der Waals surface area contributed by atoms with Gasteiger partial charge >= 0.3 is 6.09 Å². The summed E-state index contributed by atoms with van der Waals surface area (Å²) in [7, 11) is 0. The lowest BCUT2D eigenvalue weighted by Crippen LogP contribution is -2.47. The first kappa shape index (κ1) is 21.2. The molecule has 7 nitrogen and oxygen atoms in total. The number of carbonyl (C=O) groups excluding carboxylic acids is 2. The lowest BCUT2D eigenvalue weighted by atomic mass is 10.2. The van der Waals surface area contributed by atoms with Crippen molar-refractivity contribution in [1.82, 2.24) is 15.5 Å². The predicted octanol–water partition coefficient (Wildman–Crippen LogP) is 1.92. The normalized spacial score (nSPS) is 18.0. The third-order valence-corrected chi connectivity index (χ3v) is 4.02. The number of ether oxygens (including phenoxy) is 2. The van der Waals surface area contributed by atoms with E-state index in [4.69, 9.17) is 9.47 Å². The zero-order valence-electron chi connectivity index (χ0n) is 16.5. The second kappa shape index (κ2) is 10.3. The smallest absolute Gasteiger partial charge is 0.407 e. The van der Waals surface area contributed by atoms with Gasteiger partial charge in [0.15, 0.2) is 0 Å². The molecule has 1 unspecified atom stereocenters. The van der Waals surface area contributed by atoms with Gasteiger partial charge in [-0.1, -0.05) is 30.3 Å². The van der Waals surface area contributed by atoms with Crippen molar-refractivity contribution in [3.8, 4) is 0 Å². The molecule has 1 aliphatic rings. The lowest BCUT2D eigenvalue weighted by Gasteiger charge is -2.33. The topological polar surface area (TPSA) is 79.9 Å². The second-order valence-corrected chi connectivity index (χ2v) is 7.70. The Bertz CT molecular complexity index is 601. The summed E-state index contributed by atoms with van der Waals surface area (Å²) >= 11 is 0. The first-order valence-corrected chi connectivity index (χ1v) is 9.43. The highest BCUT2D eigenvalue weighted by atomic mass is 16.6. The minimum Gasteiger partial charge on any atom is -0.444 e. The molecule has 27 heavy (non-hydrogen) atoms. The van der Waals surface area contributed by atoms with E-state index in [1.807, 2.05) is 18.2 Å². The Balaban J connectivity index is 1.62. The molecule has 0 bridgehead atoms. The molecule has 1 aromatic carbocycles. The third kappa shape index (κ3) is 8.88. The molecule has 1 atom stereocenters. The van der Waals surface area contributed by atoms with Gasteiger partial charge in [-0.05, 0) is 26.3 Å². The molecule has 0 aliphatic carbocycles. The molecule has 1 fully saturated rings. The van der Waals surface area contributed by atoms with Crippen LogP contribution in [0.15, 0.2) is 30.3 Å².